The molecule has 0 aliphatic heterocycles. The fourth-order valence-electron chi connectivity index (χ4n) is 2.01. The Morgan fingerprint density at radius 1 is 1.39 bits per heavy atom. The number of nitrogens with two attached hydrogens (primary N) is 1. The summed E-state index contributed by atoms with van der Waals surface area (Å²) in [6.45, 7) is 6.14. The molecule has 0 fully saturated rings. The van der Waals surface area contributed by atoms with Crippen molar-refractivity contribution < 1.29 is 4.79 Å². The first-order valence-corrected chi connectivity index (χ1v) is 6.65. The Bertz CT molecular complexity index is 390. The van der Waals surface area contributed by atoms with Gasteiger partial charge in [-0.15, -0.1) is 0 Å². The fourth-order valence-corrected chi connectivity index (χ4v) is 2.01. The van der Waals surface area contributed by atoms with Crippen molar-refractivity contribution in [2.24, 2.45) is 5.73 Å². The molecule has 18 heavy (non-hydrogen) atoms. The maximum absolute atomic E-state index is 11.8. The summed E-state index contributed by atoms with van der Waals surface area (Å²) in [5.74, 6) is -0.0436. The average Bonchev–Trinajstić information content (AvgIpc) is 2.32. The van der Waals surface area contributed by atoms with Gasteiger partial charge in [-0.25, -0.2) is 0 Å². The third-order valence-electron chi connectivity index (χ3n) is 3.11. The van der Waals surface area contributed by atoms with Gasteiger partial charge in [-0.05, 0) is 37.8 Å². The van der Waals surface area contributed by atoms with Crippen LogP contribution in [0.2, 0.25) is 0 Å². The second-order valence-electron chi connectivity index (χ2n) is 4.94. The lowest BCUT2D eigenvalue weighted by Crippen LogP contribution is -2.45. The zero-order chi connectivity index (χ0) is 13.5. The van der Waals surface area contributed by atoms with Crippen LogP contribution < -0.4 is 11.1 Å². The molecule has 1 aromatic carbocycles. The van der Waals surface area contributed by atoms with Gasteiger partial charge in [0, 0.05) is 6.04 Å². The predicted octanol–water partition coefficient (Wildman–Crippen LogP) is 2.17. The monoisotopic (exact) mass is 248 g/mol. The first kappa shape index (κ1) is 14.7. The number of hydrogen-bond donors (Lipinski definition) is 2. The number of nitrogens with one attached hydrogen (secondary N) is 1. The summed E-state index contributed by atoms with van der Waals surface area (Å²) in [6.07, 6.45) is 2.51. The lowest BCUT2D eigenvalue weighted by atomic mass is 10.0. The lowest BCUT2D eigenvalue weighted by molar-refractivity contribution is -0.123. The molecule has 2 unspecified atom stereocenters. The van der Waals surface area contributed by atoms with Crippen LogP contribution in [0.5, 0.6) is 0 Å². The minimum absolute atomic E-state index is 0.0436. The third kappa shape index (κ3) is 4.49. The van der Waals surface area contributed by atoms with Gasteiger partial charge in [0.05, 0.1) is 6.04 Å². The molecule has 0 radical (unpaired) electrons. The van der Waals surface area contributed by atoms with Gasteiger partial charge in [0.25, 0.3) is 0 Å². The smallest absolute Gasteiger partial charge is 0.237 e. The van der Waals surface area contributed by atoms with Gasteiger partial charge < -0.3 is 11.1 Å². The van der Waals surface area contributed by atoms with Gasteiger partial charge in [-0.1, -0.05) is 37.6 Å². The number of carbonyl (C=O) groups is 1. The minimum Gasteiger partial charge on any atom is -0.352 e. The summed E-state index contributed by atoms with van der Waals surface area (Å²) in [6, 6.07) is 7.98. The van der Waals surface area contributed by atoms with Crippen LogP contribution in [0.4, 0.5) is 0 Å². The number of amides is 1. The van der Waals surface area contributed by atoms with Crippen molar-refractivity contribution in [3.8, 4) is 0 Å². The predicted molar refractivity (Wildman–Crippen MR) is 75.4 cm³/mol. The molecule has 0 spiro atoms. The van der Waals surface area contributed by atoms with Gasteiger partial charge in [-0.2, -0.15) is 0 Å². The van der Waals surface area contributed by atoms with Crippen LogP contribution >= 0.6 is 0 Å². The van der Waals surface area contributed by atoms with Crippen LogP contribution in [0, 0.1) is 6.92 Å². The Kier molecular flexibility index (Phi) is 5.86. The van der Waals surface area contributed by atoms with E-state index in [1.807, 2.05) is 26.0 Å². The normalized spacial score (nSPS) is 14.0. The Balaban J connectivity index is 2.49. The molecule has 0 saturated heterocycles. The molecule has 0 saturated carbocycles. The Labute approximate surface area is 110 Å². The van der Waals surface area contributed by atoms with Crippen LogP contribution in [0.25, 0.3) is 0 Å². The molecule has 2 atom stereocenters. The molecular weight excluding hydrogens is 224 g/mol. The molecular formula is C15H24N2O. The van der Waals surface area contributed by atoms with Crippen molar-refractivity contribution in [2.75, 3.05) is 0 Å². The van der Waals surface area contributed by atoms with E-state index >= 15 is 0 Å². The highest BCUT2D eigenvalue weighted by atomic mass is 16.2. The summed E-state index contributed by atoms with van der Waals surface area (Å²) in [5, 5.41) is 2.98. The van der Waals surface area contributed by atoms with Crippen molar-refractivity contribution in [2.45, 2.75) is 52.1 Å². The van der Waals surface area contributed by atoms with Gasteiger partial charge >= 0.3 is 0 Å². The molecule has 0 aliphatic rings. The van der Waals surface area contributed by atoms with Crippen molar-refractivity contribution in [3.05, 3.63) is 35.4 Å². The molecule has 100 valence electrons. The molecule has 0 heterocycles. The molecule has 1 rings (SSSR count). The van der Waals surface area contributed by atoms with E-state index in [-0.39, 0.29) is 18.0 Å². The number of rotatable bonds is 6. The van der Waals surface area contributed by atoms with E-state index in [0.717, 1.165) is 19.3 Å². The molecule has 1 aromatic rings. The Morgan fingerprint density at radius 2 is 2.06 bits per heavy atom. The van der Waals surface area contributed by atoms with E-state index in [1.165, 1.54) is 11.1 Å². The van der Waals surface area contributed by atoms with Crippen LogP contribution in [0.1, 0.15) is 37.8 Å². The summed E-state index contributed by atoms with van der Waals surface area (Å²) in [4.78, 5) is 11.8. The molecule has 3 heteroatoms. The maximum atomic E-state index is 11.8. The molecule has 0 bridgehead atoms. The number of benzene rings is 1. The lowest BCUT2D eigenvalue weighted by Gasteiger charge is -2.18. The second kappa shape index (κ2) is 7.17. The highest BCUT2D eigenvalue weighted by Crippen LogP contribution is 2.09. The number of carbonyl (C=O) groups excluding carboxylic acids is 1. The quantitative estimate of drug-likeness (QED) is 0.810. The summed E-state index contributed by atoms with van der Waals surface area (Å²) >= 11 is 0. The van der Waals surface area contributed by atoms with Crippen molar-refractivity contribution in [1.82, 2.24) is 5.32 Å². The topological polar surface area (TPSA) is 55.1 Å². The van der Waals surface area contributed by atoms with Crippen molar-refractivity contribution in [3.63, 3.8) is 0 Å². The van der Waals surface area contributed by atoms with E-state index in [2.05, 4.69) is 24.4 Å². The highest BCUT2D eigenvalue weighted by molar-refractivity contribution is 5.81. The van der Waals surface area contributed by atoms with Crippen molar-refractivity contribution in [1.29, 1.82) is 0 Å². The average molecular weight is 248 g/mol. The number of hydrogen-bond acceptors (Lipinski definition) is 2. The van der Waals surface area contributed by atoms with E-state index < -0.39 is 0 Å². The summed E-state index contributed by atoms with van der Waals surface area (Å²) in [5.41, 5.74) is 8.32. The SMILES string of the molecule is CCCC(N)C(=O)NC(C)Cc1ccccc1C. The fraction of sp³-hybridized carbons (Fsp3) is 0.533. The number of aryl methyl sites for hydroxylation is 1. The highest BCUT2D eigenvalue weighted by Gasteiger charge is 2.15. The van der Waals surface area contributed by atoms with E-state index in [0.29, 0.717) is 0 Å². The summed E-state index contributed by atoms with van der Waals surface area (Å²) in [7, 11) is 0. The van der Waals surface area contributed by atoms with Crippen LogP contribution in [0.3, 0.4) is 0 Å². The van der Waals surface area contributed by atoms with Crippen molar-refractivity contribution >= 4 is 5.91 Å². The standard InChI is InChI=1S/C15H24N2O/c1-4-7-14(16)15(18)17-12(3)10-13-9-6-5-8-11(13)2/h5-6,8-9,12,14H,4,7,10,16H2,1-3H3,(H,17,18). The van der Waals surface area contributed by atoms with Crippen LogP contribution in [0.15, 0.2) is 24.3 Å². The Morgan fingerprint density at radius 3 is 2.67 bits per heavy atom. The molecule has 3 N–H and O–H groups in total. The largest absolute Gasteiger partial charge is 0.352 e. The first-order valence-electron chi connectivity index (χ1n) is 6.65. The Hall–Kier alpha value is -1.35. The van der Waals surface area contributed by atoms with E-state index in [4.69, 9.17) is 5.73 Å². The third-order valence-corrected chi connectivity index (χ3v) is 3.11. The maximum Gasteiger partial charge on any atom is 0.237 e. The molecule has 0 aliphatic carbocycles. The van der Waals surface area contributed by atoms with E-state index in [9.17, 15) is 4.79 Å². The second-order valence-corrected chi connectivity index (χ2v) is 4.94. The zero-order valence-electron chi connectivity index (χ0n) is 11.6. The van der Waals surface area contributed by atoms with Gasteiger partial charge in [-0.3, -0.25) is 4.79 Å². The van der Waals surface area contributed by atoms with E-state index in [1.54, 1.807) is 0 Å². The van der Waals surface area contributed by atoms with Gasteiger partial charge in [0.15, 0.2) is 0 Å². The van der Waals surface area contributed by atoms with Crippen LogP contribution in [-0.2, 0) is 11.2 Å². The molecule has 1 amide bonds. The molecule has 0 aromatic heterocycles. The molecule has 3 nitrogen and oxygen atoms in total. The van der Waals surface area contributed by atoms with Gasteiger partial charge in [0.1, 0.15) is 0 Å². The van der Waals surface area contributed by atoms with Gasteiger partial charge in [0.2, 0.25) is 5.91 Å². The van der Waals surface area contributed by atoms with Crippen LogP contribution in [-0.4, -0.2) is 18.0 Å². The summed E-state index contributed by atoms with van der Waals surface area (Å²) < 4.78 is 0. The minimum atomic E-state index is -0.380. The first-order chi connectivity index (χ1) is 8.54. The zero-order valence-corrected chi connectivity index (χ0v) is 11.6.